The molecular weight excluding hydrogens is 937 g/mol. The lowest BCUT2D eigenvalue weighted by Crippen LogP contribution is -2.30. The summed E-state index contributed by atoms with van der Waals surface area (Å²) in [6.45, 7) is 6.33. The smallest absolute Gasteiger partial charge is 0.309 e. The molecule has 0 amide bonds. The van der Waals surface area contributed by atoms with Crippen LogP contribution >= 0.6 is 0 Å². The third kappa shape index (κ3) is 60.7. The van der Waals surface area contributed by atoms with Gasteiger partial charge in [-0.3, -0.25) is 14.4 Å². The second-order valence-electron chi connectivity index (χ2n) is 20.6. The summed E-state index contributed by atoms with van der Waals surface area (Å²) in [6.07, 6.45) is 88.0. The average Bonchev–Trinajstić information content (AvgIpc) is 3.42. The molecule has 0 aliphatic carbocycles. The Morgan fingerprint density at radius 2 is 0.566 bits per heavy atom. The largest absolute Gasteiger partial charge is 0.462 e. The highest BCUT2D eigenvalue weighted by molar-refractivity contribution is 5.72. The normalized spacial score (nSPS) is 12.9. The Hall–Kier alpha value is -4.19. The fourth-order valence-corrected chi connectivity index (χ4v) is 8.56. The molecule has 6 heteroatoms. The zero-order valence-corrected chi connectivity index (χ0v) is 49.5. The Morgan fingerprint density at radius 1 is 0.289 bits per heavy atom. The maximum absolute atomic E-state index is 12.9. The molecule has 0 aromatic heterocycles. The van der Waals surface area contributed by atoms with Gasteiger partial charge in [0.1, 0.15) is 13.2 Å². The van der Waals surface area contributed by atoms with E-state index in [1.807, 2.05) is 6.08 Å². The van der Waals surface area contributed by atoms with E-state index in [0.717, 1.165) is 96.3 Å². The van der Waals surface area contributed by atoms with Gasteiger partial charge in [0.15, 0.2) is 6.10 Å². The van der Waals surface area contributed by atoms with E-state index >= 15 is 0 Å². The van der Waals surface area contributed by atoms with Crippen molar-refractivity contribution >= 4 is 17.9 Å². The van der Waals surface area contributed by atoms with Gasteiger partial charge in [-0.1, -0.05) is 277 Å². The van der Waals surface area contributed by atoms with Crippen molar-refractivity contribution in [3.8, 4) is 0 Å². The minimum absolute atomic E-state index is 0.112. The Labute approximate surface area is 469 Å². The van der Waals surface area contributed by atoms with Gasteiger partial charge in [-0.05, 0) is 109 Å². The first kappa shape index (κ1) is 71.8. The molecule has 0 spiro atoms. The Balaban J connectivity index is 4.41. The van der Waals surface area contributed by atoms with Crippen LogP contribution in [0.4, 0.5) is 0 Å². The van der Waals surface area contributed by atoms with E-state index < -0.39 is 12.1 Å². The molecule has 0 fully saturated rings. The van der Waals surface area contributed by atoms with Crippen molar-refractivity contribution in [2.75, 3.05) is 13.2 Å². The van der Waals surface area contributed by atoms with Crippen LogP contribution in [0.1, 0.15) is 284 Å². The van der Waals surface area contributed by atoms with Crippen LogP contribution in [0.25, 0.3) is 0 Å². The van der Waals surface area contributed by atoms with Crippen LogP contribution in [0.5, 0.6) is 0 Å². The summed E-state index contributed by atoms with van der Waals surface area (Å²) >= 11 is 0. The van der Waals surface area contributed by atoms with Crippen LogP contribution < -0.4 is 0 Å². The summed E-state index contributed by atoms with van der Waals surface area (Å²) in [5, 5.41) is 0. The van der Waals surface area contributed by atoms with Crippen LogP contribution in [-0.4, -0.2) is 37.2 Å². The topological polar surface area (TPSA) is 78.9 Å². The molecule has 0 aliphatic rings. The molecule has 0 saturated carbocycles. The van der Waals surface area contributed by atoms with Crippen molar-refractivity contribution < 1.29 is 28.6 Å². The quantitative estimate of drug-likeness (QED) is 0.0261. The molecule has 1 atom stereocenters. The second-order valence-corrected chi connectivity index (χ2v) is 20.6. The Bertz CT molecular complexity index is 1590. The maximum Gasteiger partial charge on any atom is 0.309 e. The molecule has 1 unspecified atom stereocenters. The molecule has 6 nitrogen and oxygen atoms in total. The van der Waals surface area contributed by atoms with Gasteiger partial charge < -0.3 is 14.2 Å². The molecule has 0 heterocycles. The molecule has 76 heavy (non-hydrogen) atoms. The number of carbonyl (C=O) groups is 3. The Kier molecular flexibility index (Phi) is 59.9. The summed E-state index contributed by atoms with van der Waals surface area (Å²) in [5.41, 5.74) is 0. The van der Waals surface area contributed by atoms with Crippen molar-refractivity contribution in [2.24, 2.45) is 0 Å². The number of hydrogen-bond acceptors (Lipinski definition) is 6. The highest BCUT2D eigenvalue weighted by Crippen LogP contribution is 2.16. The van der Waals surface area contributed by atoms with Crippen LogP contribution in [0, 0.1) is 0 Å². The van der Waals surface area contributed by atoms with Crippen molar-refractivity contribution in [1.82, 2.24) is 0 Å². The summed E-state index contributed by atoms with van der Waals surface area (Å²) in [6, 6.07) is 0. The second kappa shape index (κ2) is 63.3. The molecule has 0 radical (unpaired) electrons. The zero-order chi connectivity index (χ0) is 55.0. The molecule has 432 valence electrons. The van der Waals surface area contributed by atoms with E-state index in [-0.39, 0.29) is 31.6 Å². The third-order valence-electron chi connectivity index (χ3n) is 13.2. The molecule has 0 rings (SSSR count). The number of ether oxygens (including phenoxy) is 3. The van der Waals surface area contributed by atoms with Crippen LogP contribution in [0.3, 0.4) is 0 Å². The first-order chi connectivity index (χ1) is 37.5. The van der Waals surface area contributed by atoms with Gasteiger partial charge >= 0.3 is 17.9 Å². The van der Waals surface area contributed by atoms with Crippen molar-refractivity contribution in [1.29, 1.82) is 0 Å². The van der Waals surface area contributed by atoms with Crippen LogP contribution in [-0.2, 0) is 28.6 Å². The predicted molar refractivity (Wildman–Crippen MR) is 330 cm³/mol. The molecular formula is C70H116O6. The number of unbranched alkanes of at least 4 members (excludes halogenated alkanes) is 26. The monoisotopic (exact) mass is 1050 g/mol. The van der Waals surface area contributed by atoms with E-state index in [9.17, 15) is 14.4 Å². The van der Waals surface area contributed by atoms with Crippen LogP contribution in [0.15, 0.2) is 122 Å². The van der Waals surface area contributed by atoms with Gasteiger partial charge in [0.05, 0.1) is 6.42 Å². The molecule has 0 N–H and O–H groups in total. The molecule has 0 aromatic carbocycles. The zero-order valence-electron chi connectivity index (χ0n) is 49.5. The lowest BCUT2D eigenvalue weighted by Gasteiger charge is -2.18. The minimum atomic E-state index is -0.825. The Morgan fingerprint density at radius 3 is 0.934 bits per heavy atom. The van der Waals surface area contributed by atoms with E-state index in [4.69, 9.17) is 14.2 Å². The summed E-state index contributed by atoms with van der Waals surface area (Å²) < 4.78 is 16.8. The van der Waals surface area contributed by atoms with Crippen molar-refractivity contribution in [3.05, 3.63) is 122 Å². The first-order valence-corrected chi connectivity index (χ1v) is 31.5. The van der Waals surface area contributed by atoms with Gasteiger partial charge in [-0.15, -0.1) is 0 Å². The molecule has 0 saturated heterocycles. The number of rotatable bonds is 56. The number of allylic oxidation sites excluding steroid dienone is 19. The first-order valence-electron chi connectivity index (χ1n) is 31.5. The molecule has 0 aliphatic heterocycles. The standard InChI is InChI=1S/C70H116O6/c1-4-7-10-13-16-19-22-25-28-30-32-33-34-35-36-37-38-40-42-45-48-51-54-57-60-63-69(72)75-66-67(65-74-68(71)62-59-56-53-50-47-44-41-27-24-21-18-15-12-9-6-3)76-70(73)64-61-58-55-52-49-46-43-39-31-29-26-23-20-17-14-11-8-5-2/h7,9-10,12,16,18-19,21,25,27-29,31-33,41,47,50,56,59,67H,4-6,8,11,13-15,17,20,22-24,26,30,34-40,42-46,48-49,51-55,57-58,60-66H2,1-3H3/b10-7-,12-9-,19-16-,21-18-,28-25-,31-29-,33-32-,41-27-,50-47-,59-56-. The summed E-state index contributed by atoms with van der Waals surface area (Å²) in [4.78, 5) is 38.2. The van der Waals surface area contributed by atoms with Gasteiger partial charge in [-0.2, -0.15) is 0 Å². The fraction of sp³-hybridized carbons (Fsp3) is 0.671. The molecule has 0 bridgehead atoms. The third-order valence-corrected chi connectivity index (χ3v) is 13.2. The van der Waals surface area contributed by atoms with E-state index in [1.54, 1.807) is 6.08 Å². The summed E-state index contributed by atoms with van der Waals surface area (Å²) in [5.74, 6) is -1.05. The number of esters is 3. The number of hydrogen-bond donors (Lipinski definition) is 0. The lowest BCUT2D eigenvalue weighted by molar-refractivity contribution is -0.166. The van der Waals surface area contributed by atoms with Crippen molar-refractivity contribution in [3.63, 3.8) is 0 Å². The van der Waals surface area contributed by atoms with Gasteiger partial charge in [-0.25, -0.2) is 0 Å². The van der Waals surface area contributed by atoms with Gasteiger partial charge in [0, 0.05) is 12.8 Å². The average molecular weight is 1050 g/mol. The highest BCUT2D eigenvalue weighted by Gasteiger charge is 2.19. The predicted octanol–water partition coefficient (Wildman–Crippen LogP) is 21.6. The lowest BCUT2D eigenvalue weighted by atomic mass is 10.0. The molecule has 0 aromatic rings. The van der Waals surface area contributed by atoms with E-state index in [1.165, 1.54) is 148 Å². The van der Waals surface area contributed by atoms with Crippen molar-refractivity contribution in [2.45, 2.75) is 290 Å². The maximum atomic E-state index is 12.9. The van der Waals surface area contributed by atoms with Gasteiger partial charge in [0.2, 0.25) is 0 Å². The van der Waals surface area contributed by atoms with E-state index in [2.05, 4.69) is 130 Å². The fourth-order valence-electron chi connectivity index (χ4n) is 8.56. The minimum Gasteiger partial charge on any atom is -0.462 e. The van der Waals surface area contributed by atoms with E-state index in [0.29, 0.717) is 12.8 Å². The van der Waals surface area contributed by atoms with Crippen LogP contribution in [0.2, 0.25) is 0 Å². The van der Waals surface area contributed by atoms with Gasteiger partial charge in [0.25, 0.3) is 0 Å². The number of carbonyl (C=O) groups excluding carboxylic acids is 3. The SMILES string of the molecule is CC/C=C\C/C=C\C/C=C\C/C=C\C/C=C\CC(=O)OCC(COC(=O)CCCCCCCCCCCCCC/C=C\C/C=C\C/C=C\C/C=C\CC)OC(=O)CCCCCCCCC/C=C\CCCCCCCCC. The summed E-state index contributed by atoms with van der Waals surface area (Å²) in [7, 11) is 0. The highest BCUT2D eigenvalue weighted by atomic mass is 16.6.